The molecule has 0 saturated heterocycles. The zero-order valence-corrected chi connectivity index (χ0v) is 26.1. The predicted molar refractivity (Wildman–Crippen MR) is 165 cm³/mol. The molecule has 2 unspecified atom stereocenters. The molecule has 2 aromatic rings. The van der Waals surface area contributed by atoms with Gasteiger partial charge in [-0.25, -0.2) is 9.47 Å². The Hall–Kier alpha value is -2.87. The SMILES string of the molecule is CCCCc1ccc(/C(C)=N/n2c(C)c(C#N)c(C(=O)OC3C(CCCC)CC(C)CC3CCCC)c2C)cc1. The lowest BCUT2D eigenvalue weighted by Crippen LogP contribution is -2.40. The Labute approximate surface area is 243 Å². The third kappa shape index (κ3) is 7.65. The van der Waals surface area contributed by atoms with Gasteiger partial charge in [-0.3, -0.25) is 0 Å². The molecule has 1 aromatic carbocycles. The zero-order chi connectivity index (χ0) is 29.2. The predicted octanol–water partition coefficient (Wildman–Crippen LogP) is 9.16. The van der Waals surface area contributed by atoms with Crippen LogP contribution in [-0.4, -0.2) is 22.5 Å². The third-order valence-electron chi connectivity index (χ3n) is 8.81. The van der Waals surface area contributed by atoms with Crippen LogP contribution in [-0.2, 0) is 11.2 Å². The minimum Gasteiger partial charge on any atom is -0.458 e. The van der Waals surface area contributed by atoms with E-state index in [9.17, 15) is 10.1 Å². The molecule has 40 heavy (non-hydrogen) atoms. The van der Waals surface area contributed by atoms with Crippen LogP contribution in [0.1, 0.15) is 137 Å². The standard InChI is InChI=1S/C35H51N3O2/c1-8-11-14-28-17-19-29(20-18-28)25(5)37-38-26(6)32(23-36)33(27(38)7)35(39)40-34-30(15-12-9-2)21-24(4)22-31(34)16-13-10-3/h17-20,24,30-31,34H,8-16,21-22H2,1-7H3/b37-25+. The first-order valence-electron chi connectivity index (χ1n) is 15.7. The summed E-state index contributed by atoms with van der Waals surface area (Å²) in [6.45, 7) is 14.7. The van der Waals surface area contributed by atoms with E-state index < -0.39 is 0 Å². The number of rotatable bonds is 13. The van der Waals surface area contributed by atoms with E-state index in [1.54, 1.807) is 4.68 Å². The van der Waals surface area contributed by atoms with Crippen molar-refractivity contribution < 1.29 is 9.53 Å². The van der Waals surface area contributed by atoms with Crippen LogP contribution < -0.4 is 0 Å². The summed E-state index contributed by atoms with van der Waals surface area (Å²) in [5.41, 5.74) is 5.28. The highest BCUT2D eigenvalue weighted by Gasteiger charge is 2.39. The van der Waals surface area contributed by atoms with Crippen LogP contribution in [0.5, 0.6) is 0 Å². The molecule has 5 nitrogen and oxygen atoms in total. The van der Waals surface area contributed by atoms with Gasteiger partial charge in [0.05, 0.1) is 22.7 Å². The van der Waals surface area contributed by atoms with Gasteiger partial charge >= 0.3 is 5.97 Å². The average Bonchev–Trinajstić information content (AvgIpc) is 3.19. The fourth-order valence-electron chi connectivity index (χ4n) is 6.52. The fourth-order valence-corrected chi connectivity index (χ4v) is 6.52. The van der Waals surface area contributed by atoms with Crippen LogP contribution >= 0.6 is 0 Å². The quantitative estimate of drug-likeness (QED) is 0.186. The van der Waals surface area contributed by atoms with Crippen molar-refractivity contribution in [2.75, 3.05) is 0 Å². The van der Waals surface area contributed by atoms with Crippen molar-refractivity contribution in [3.8, 4) is 6.07 Å². The van der Waals surface area contributed by atoms with Crippen molar-refractivity contribution in [1.82, 2.24) is 4.68 Å². The van der Waals surface area contributed by atoms with Gasteiger partial charge in [-0.1, -0.05) is 84.1 Å². The van der Waals surface area contributed by atoms with Crippen LogP contribution in [0.15, 0.2) is 29.4 Å². The molecular weight excluding hydrogens is 494 g/mol. The van der Waals surface area contributed by atoms with Gasteiger partial charge in [0, 0.05) is 0 Å². The fraction of sp³-hybridized carbons (Fsp3) is 0.629. The molecule has 0 bridgehead atoms. The molecule has 0 aliphatic heterocycles. The number of nitrogens with zero attached hydrogens (tertiary/aromatic N) is 3. The number of carbonyl (C=O) groups is 1. The minimum absolute atomic E-state index is 0.0899. The van der Waals surface area contributed by atoms with Crippen LogP contribution in [0, 0.1) is 42.9 Å². The van der Waals surface area contributed by atoms with Crippen molar-refractivity contribution in [2.24, 2.45) is 22.9 Å². The first-order valence-corrected chi connectivity index (χ1v) is 15.7. The summed E-state index contributed by atoms with van der Waals surface area (Å²) in [6.07, 6.45) is 12.3. The van der Waals surface area contributed by atoms with Crippen molar-refractivity contribution in [1.29, 1.82) is 5.26 Å². The third-order valence-corrected chi connectivity index (χ3v) is 8.81. The number of aromatic nitrogens is 1. The Balaban J connectivity index is 1.91. The molecule has 1 saturated carbocycles. The van der Waals surface area contributed by atoms with Crippen molar-refractivity contribution in [2.45, 2.75) is 125 Å². The topological polar surface area (TPSA) is 67.4 Å². The molecule has 1 aromatic heterocycles. The first kappa shape index (κ1) is 31.7. The molecule has 218 valence electrons. The van der Waals surface area contributed by atoms with Gasteiger partial charge in [0.2, 0.25) is 0 Å². The summed E-state index contributed by atoms with van der Waals surface area (Å²) in [6, 6.07) is 10.8. The van der Waals surface area contributed by atoms with E-state index in [1.165, 1.54) is 18.4 Å². The largest absolute Gasteiger partial charge is 0.458 e. The van der Waals surface area contributed by atoms with Gasteiger partial charge in [-0.2, -0.15) is 10.4 Å². The van der Waals surface area contributed by atoms with Crippen molar-refractivity contribution in [3.63, 3.8) is 0 Å². The number of nitriles is 1. The molecule has 0 radical (unpaired) electrons. The maximum absolute atomic E-state index is 13.8. The smallest absolute Gasteiger partial charge is 0.341 e. The lowest BCUT2D eigenvalue weighted by Gasteiger charge is -2.41. The number of benzene rings is 1. The van der Waals surface area contributed by atoms with Gasteiger partial charge in [-0.05, 0) is 88.2 Å². The number of unbranched alkanes of at least 4 members (excludes halogenated alkanes) is 3. The number of ether oxygens (including phenoxy) is 1. The van der Waals surface area contributed by atoms with Crippen molar-refractivity contribution in [3.05, 3.63) is 57.9 Å². The Kier molecular flexibility index (Phi) is 12.0. The van der Waals surface area contributed by atoms with E-state index in [0.717, 1.165) is 69.1 Å². The van der Waals surface area contributed by atoms with Crippen LogP contribution in [0.2, 0.25) is 0 Å². The second-order valence-electron chi connectivity index (χ2n) is 12.1. The van der Waals surface area contributed by atoms with Crippen LogP contribution in [0.3, 0.4) is 0 Å². The molecule has 1 aliphatic rings. The van der Waals surface area contributed by atoms with Gasteiger partial charge in [-0.15, -0.1) is 0 Å². The Morgan fingerprint density at radius 2 is 1.55 bits per heavy atom. The molecule has 1 heterocycles. The highest BCUT2D eigenvalue weighted by atomic mass is 16.5. The molecule has 0 spiro atoms. The molecule has 3 rings (SSSR count). The number of hydrogen-bond acceptors (Lipinski definition) is 4. The second kappa shape index (κ2) is 15.2. The van der Waals surface area contributed by atoms with Gasteiger partial charge in [0.15, 0.2) is 0 Å². The Morgan fingerprint density at radius 1 is 0.975 bits per heavy atom. The average molecular weight is 546 g/mol. The van der Waals surface area contributed by atoms with E-state index in [4.69, 9.17) is 9.84 Å². The first-order chi connectivity index (χ1) is 19.2. The molecule has 0 amide bonds. The van der Waals surface area contributed by atoms with Crippen LogP contribution in [0.4, 0.5) is 0 Å². The zero-order valence-electron chi connectivity index (χ0n) is 26.1. The summed E-state index contributed by atoms with van der Waals surface area (Å²) in [5, 5.41) is 15.0. The summed E-state index contributed by atoms with van der Waals surface area (Å²) in [4.78, 5) is 13.8. The Bertz CT molecular complexity index is 1170. The lowest BCUT2D eigenvalue weighted by atomic mass is 9.70. The van der Waals surface area contributed by atoms with E-state index in [1.807, 2.05) is 20.8 Å². The van der Waals surface area contributed by atoms with Crippen molar-refractivity contribution >= 4 is 11.7 Å². The van der Waals surface area contributed by atoms with E-state index in [-0.39, 0.29) is 12.1 Å². The van der Waals surface area contributed by atoms with E-state index in [2.05, 4.69) is 58.0 Å². The minimum atomic E-state index is -0.369. The Morgan fingerprint density at radius 3 is 2.08 bits per heavy atom. The number of carbonyl (C=O) groups excluding carboxylic acids is 1. The molecule has 5 heteroatoms. The maximum atomic E-state index is 13.8. The maximum Gasteiger partial charge on any atom is 0.341 e. The molecule has 0 N–H and O–H groups in total. The lowest BCUT2D eigenvalue weighted by molar-refractivity contribution is -0.0395. The molecule has 2 atom stereocenters. The van der Waals surface area contributed by atoms with E-state index in [0.29, 0.717) is 40.3 Å². The molecule has 1 aliphatic carbocycles. The molecule has 1 fully saturated rings. The van der Waals surface area contributed by atoms with Gasteiger partial charge < -0.3 is 4.74 Å². The second-order valence-corrected chi connectivity index (χ2v) is 12.1. The monoisotopic (exact) mass is 545 g/mol. The van der Waals surface area contributed by atoms with Crippen LogP contribution in [0.25, 0.3) is 0 Å². The normalized spacial score (nSPS) is 21.3. The number of aryl methyl sites for hydroxylation is 1. The van der Waals surface area contributed by atoms with Gasteiger partial charge in [0.25, 0.3) is 0 Å². The van der Waals surface area contributed by atoms with E-state index >= 15 is 0 Å². The van der Waals surface area contributed by atoms with Gasteiger partial charge in [0.1, 0.15) is 17.7 Å². The summed E-state index contributed by atoms with van der Waals surface area (Å²) in [7, 11) is 0. The number of hydrogen-bond donors (Lipinski definition) is 0. The number of esters is 1. The summed E-state index contributed by atoms with van der Waals surface area (Å²) < 4.78 is 8.17. The molecular formula is C35H51N3O2. The summed E-state index contributed by atoms with van der Waals surface area (Å²) in [5.74, 6) is 1.04. The summed E-state index contributed by atoms with van der Waals surface area (Å²) >= 11 is 0. The highest BCUT2D eigenvalue weighted by Crippen LogP contribution is 2.41. The highest BCUT2D eigenvalue weighted by molar-refractivity contribution is 5.99.